The summed E-state index contributed by atoms with van der Waals surface area (Å²) < 4.78 is 66.0. The summed E-state index contributed by atoms with van der Waals surface area (Å²) >= 11 is 0. The lowest BCUT2D eigenvalue weighted by Gasteiger charge is -2.19. The Bertz CT molecular complexity index is 1060. The molecule has 1 aromatic heterocycles. The maximum absolute atomic E-state index is 14.5. The summed E-state index contributed by atoms with van der Waals surface area (Å²) in [5, 5.41) is 7.01. The van der Waals surface area contributed by atoms with E-state index < -0.39 is 23.5 Å². The molecule has 30 heavy (non-hydrogen) atoms. The molecule has 3 aromatic rings. The first-order chi connectivity index (χ1) is 14.2. The van der Waals surface area contributed by atoms with Gasteiger partial charge in [-0.3, -0.25) is 0 Å². The van der Waals surface area contributed by atoms with Crippen LogP contribution in [0.4, 0.5) is 22.0 Å². The summed E-state index contributed by atoms with van der Waals surface area (Å²) in [6, 6.07) is 11.2. The molecule has 4 rings (SSSR count). The fourth-order valence-electron chi connectivity index (χ4n) is 3.86. The summed E-state index contributed by atoms with van der Waals surface area (Å²) in [7, 11) is 1.94. The lowest BCUT2D eigenvalue weighted by Crippen LogP contribution is -2.17. The molecule has 0 bridgehead atoms. The topological polar surface area (TPSA) is 29.0 Å². The Morgan fingerprint density at radius 3 is 2.37 bits per heavy atom. The average Bonchev–Trinajstić information content (AvgIpc) is 2.85. The molecule has 0 radical (unpaired) electrons. The van der Waals surface area contributed by atoms with Gasteiger partial charge in [-0.05, 0) is 61.0 Å². The molecular formula is C22H18F5N3. The number of hydrogen-bond donors (Lipinski definition) is 0. The van der Waals surface area contributed by atoms with Crippen molar-refractivity contribution in [3.8, 4) is 11.3 Å². The molecule has 2 heterocycles. The van der Waals surface area contributed by atoms with Crippen LogP contribution in [0, 0.1) is 11.6 Å². The Balaban J connectivity index is 1.74. The molecule has 0 saturated carbocycles. The highest BCUT2D eigenvalue weighted by Gasteiger charge is 2.33. The molecule has 1 unspecified atom stereocenters. The Kier molecular flexibility index (Phi) is 5.27. The van der Waals surface area contributed by atoms with Crippen molar-refractivity contribution in [3.05, 3.63) is 82.5 Å². The van der Waals surface area contributed by atoms with E-state index in [9.17, 15) is 22.0 Å². The Labute approximate surface area is 170 Å². The van der Waals surface area contributed by atoms with Crippen molar-refractivity contribution in [2.45, 2.75) is 25.1 Å². The van der Waals surface area contributed by atoms with E-state index in [1.165, 1.54) is 18.2 Å². The van der Waals surface area contributed by atoms with Gasteiger partial charge in [-0.15, -0.1) is 10.2 Å². The van der Waals surface area contributed by atoms with E-state index in [0.717, 1.165) is 23.3 Å². The predicted octanol–water partition coefficient (Wildman–Crippen LogP) is 5.41. The molecule has 1 aliphatic rings. The monoisotopic (exact) mass is 419 g/mol. The van der Waals surface area contributed by atoms with Crippen molar-refractivity contribution in [2.24, 2.45) is 0 Å². The molecule has 3 nitrogen and oxygen atoms in total. The first-order valence-electron chi connectivity index (χ1n) is 9.40. The fourth-order valence-corrected chi connectivity index (χ4v) is 3.86. The van der Waals surface area contributed by atoms with E-state index >= 15 is 0 Å². The zero-order valence-corrected chi connectivity index (χ0v) is 16.0. The number of nitrogens with zero attached hydrogens (tertiary/aromatic N) is 3. The maximum Gasteiger partial charge on any atom is 0.435 e. The second-order valence-electron chi connectivity index (χ2n) is 7.46. The third-order valence-electron chi connectivity index (χ3n) is 5.35. The molecule has 0 N–H and O–H groups in total. The van der Waals surface area contributed by atoms with Gasteiger partial charge in [-0.25, -0.2) is 8.78 Å². The van der Waals surface area contributed by atoms with Gasteiger partial charge in [0.25, 0.3) is 0 Å². The van der Waals surface area contributed by atoms with Gasteiger partial charge in [0.05, 0.1) is 5.69 Å². The van der Waals surface area contributed by atoms with E-state index in [1.54, 1.807) is 6.07 Å². The third kappa shape index (κ3) is 4.05. The molecule has 0 saturated heterocycles. The number of fused-ring (bicyclic) bond motifs is 1. The number of benzene rings is 2. The van der Waals surface area contributed by atoms with Gasteiger partial charge in [-0.2, -0.15) is 13.2 Å². The Morgan fingerprint density at radius 1 is 0.933 bits per heavy atom. The van der Waals surface area contributed by atoms with E-state index in [0.29, 0.717) is 36.3 Å². The van der Waals surface area contributed by atoms with Gasteiger partial charge in [-0.1, -0.05) is 18.2 Å². The number of alkyl halides is 3. The van der Waals surface area contributed by atoms with E-state index in [4.69, 9.17) is 0 Å². The summed E-state index contributed by atoms with van der Waals surface area (Å²) in [5.41, 5.74) is 2.16. The van der Waals surface area contributed by atoms with Crippen molar-refractivity contribution in [2.75, 3.05) is 13.6 Å². The van der Waals surface area contributed by atoms with Crippen molar-refractivity contribution in [3.63, 3.8) is 0 Å². The SMILES string of the molecule is CN1CCC(c2ccc(F)cc2F)c2ccc(-c3ccc(C(F)(F)F)nn3)cc2C1. The van der Waals surface area contributed by atoms with Crippen LogP contribution >= 0.6 is 0 Å². The minimum absolute atomic E-state index is 0.252. The minimum atomic E-state index is -4.55. The lowest BCUT2D eigenvalue weighted by atomic mass is 9.85. The van der Waals surface area contributed by atoms with Crippen LogP contribution in [0.5, 0.6) is 0 Å². The summed E-state index contributed by atoms with van der Waals surface area (Å²) in [6.45, 7) is 1.31. The highest BCUT2D eigenvalue weighted by molar-refractivity contribution is 5.61. The number of halogens is 5. The van der Waals surface area contributed by atoms with Crippen LogP contribution in [0.25, 0.3) is 11.3 Å². The van der Waals surface area contributed by atoms with Crippen molar-refractivity contribution < 1.29 is 22.0 Å². The van der Waals surface area contributed by atoms with Crippen LogP contribution in [0.2, 0.25) is 0 Å². The van der Waals surface area contributed by atoms with Crippen molar-refractivity contribution in [1.29, 1.82) is 0 Å². The van der Waals surface area contributed by atoms with Crippen LogP contribution in [0.3, 0.4) is 0 Å². The maximum atomic E-state index is 14.5. The average molecular weight is 419 g/mol. The van der Waals surface area contributed by atoms with Gasteiger partial charge < -0.3 is 4.90 Å². The minimum Gasteiger partial charge on any atom is -0.302 e. The third-order valence-corrected chi connectivity index (χ3v) is 5.35. The molecule has 0 amide bonds. The van der Waals surface area contributed by atoms with Gasteiger partial charge in [0, 0.05) is 24.1 Å². The smallest absolute Gasteiger partial charge is 0.302 e. The van der Waals surface area contributed by atoms with E-state index in [1.807, 2.05) is 19.2 Å². The highest BCUT2D eigenvalue weighted by Crippen LogP contribution is 2.37. The normalized spacial score (nSPS) is 17.5. The second-order valence-corrected chi connectivity index (χ2v) is 7.46. The number of aromatic nitrogens is 2. The summed E-state index contributed by atoms with van der Waals surface area (Å²) in [4.78, 5) is 2.09. The standard InChI is InChI=1S/C22H18F5N3/c1-30-9-8-17(18-5-3-15(23)11-19(18)24)16-4-2-13(10-14(16)12-30)20-6-7-21(29-28-20)22(25,26)27/h2-7,10-11,17H,8-9,12H2,1H3. The molecule has 2 aromatic carbocycles. The van der Waals surface area contributed by atoms with Crippen LogP contribution in [0.1, 0.15) is 34.7 Å². The summed E-state index contributed by atoms with van der Waals surface area (Å²) in [5.74, 6) is -1.47. The van der Waals surface area contributed by atoms with Gasteiger partial charge in [0.15, 0.2) is 5.69 Å². The molecule has 1 atom stereocenters. The van der Waals surface area contributed by atoms with Gasteiger partial charge in [0.2, 0.25) is 0 Å². The second kappa shape index (κ2) is 7.75. The summed E-state index contributed by atoms with van der Waals surface area (Å²) in [6.07, 6.45) is -3.89. The lowest BCUT2D eigenvalue weighted by molar-refractivity contribution is -0.141. The van der Waals surface area contributed by atoms with E-state index in [-0.39, 0.29) is 5.92 Å². The van der Waals surface area contributed by atoms with Crippen molar-refractivity contribution >= 4 is 0 Å². The van der Waals surface area contributed by atoms with Crippen LogP contribution < -0.4 is 0 Å². The molecular weight excluding hydrogens is 401 g/mol. The Hall–Kier alpha value is -2.87. The molecule has 0 spiro atoms. The molecule has 0 aliphatic carbocycles. The largest absolute Gasteiger partial charge is 0.435 e. The van der Waals surface area contributed by atoms with Crippen molar-refractivity contribution in [1.82, 2.24) is 15.1 Å². The zero-order valence-electron chi connectivity index (χ0n) is 16.0. The number of hydrogen-bond acceptors (Lipinski definition) is 3. The van der Waals surface area contributed by atoms with Gasteiger partial charge in [0.1, 0.15) is 11.6 Å². The highest BCUT2D eigenvalue weighted by atomic mass is 19.4. The first kappa shape index (κ1) is 20.4. The number of rotatable bonds is 2. The Morgan fingerprint density at radius 2 is 1.70 bits per heavy atom. The van der Waals surface area contributed by atoms with Crippen LogP contribution in [0.15, 0.2) is 48.5 Å². The van der Waals surface area contributed by atoms with Gasteiger partial charge >= 0.3 is 6.18 Å². The molecule has 8 heteroatoms. The molecule has 156 valence electrons. The zero-order chi connectivity index (χ0) is 21.5. The van der Waals surface area contributed by atoms with Crippen LogP contribution in [-0.4, -0.2) is 28.7 Å². The fraction of sp³-hybridized carbons (Fsp3) is 0.273. The van der Waals surface area contributed by atoms with E-state index in [2.05, 4.69) is 15.1 Å². The molecule has 1 aliphatic heterocycles. The quantitative estimate of drug-likeness (QED) is 0.521. The first-order valence-corrected chi connectivity index (χ1v) is 9.40. The predicted molar refractivity (Wildman–Crippen MR) is 102 cm³/mol. The van der Waals surface area contributed by atoms with Crippen LogP contribution in [-0.2, 0) is 12.7 Å². The molecule has 0 fully saturated rings.